The molecule has 0 saturated carbocycles. The summed E-state index contributed by atoms with van der Waals surface area (Å²) in [5, 5.41) is 9.75. The van der Waals surface area contributed by atoms with Gasteiger partial charge in [-0.1, -0.05) is 67.2 Å². The van der Waals surface area contributed by atoms with E-state index in [9.17, 15) is 10.1 Å². The number of hydrogen-bond donors (Lipinski definition) is 0. The second-order valence-corrected chi connectivity index (χ2v) is 5.66. The first-order chi connectivity index (χ1) is 12.2. The standard InChI is InChI=1S/C21H22N2O2/c1-3-25-21(24)17(2)15-23(16-18-10-6-4-7-11-18)20(14-22)19-12-8-5-9-13-19/h4-13,20H,2-3,15-16H2,1H3. The number of esters is 1. The highest BCUT2D eigenvalue weighted by atomic mass is 16.5. The van der Waals surface area contributed by atoms with Gasteiger partial charge >= 0.3 is 5.97 Å². The third kappa shape index (κ3) is 5.30. The van der Waals surface area contributed by atoms with Gasteiger partial charge in [-0.15, -0.1) is 0 Å². The minimum Gasteiger partial charge on any atom is -0.463 e. The fourth-order valence-corrected chi connectivity index (χ4v) is 2.60. The van der Waals surface area contributed by atoms with E-state index in [0.29, 0.717) is 18.7 Å². The van der Waals surface area contributed by atoms with Crippen LogP contribution in [0, 0.1) is 11.3 Å². The Bertz CT molecular complexity index is 735. The van der Waals surface area contributed by atoms with Gasteiger partial charge in [0.1, 0.15) is 6.04 Å². The molecular weight excluding hydrogens is 312 g/mol. The quantitative estimate of drug-likeness (QED) is 0.543. The van der Waals surface area contributed by atoms with Crippen molar-refractivity contribution in [1.82, 2.24) is 4.90 Å². The Morgan fingerprint density at radius 1 is 1.16 bits per heavy atom. The number of carbonyl (C=O) groups excluding carboxylic acids is 1. The molecule has 0 saturated heterocycles. The second kappa shape index (κ2) is 9.41. The minimum atomic E-state index is -0.479. The predicted octanol–water partition coefficient (Wildman–Crippen LogP) is 3.87. The molecule has 25 heavy (non-hydrogen) atoms. The van der Waals surface area contributed by atoms with Crippen LogP contribution in [0.2, 0.25) is 0 Å². The van der Waals surface area contributed by atoms with Gasteiger partial charge in [-0.3, -0.25) is 4.90 Å². The van der Waals surface area contributed by atoms with Crippen molar-refractivity contribution in [3.05, 3.63) is 83.9 Å². The topological polar surface area (TPSA) is 53.3 Å². The fourth-order valence-electron chi connectivity index (χ4n) is 2.60. The van der Waals surface area contributed by atoms with Gasteiger partial charge in [0.05, 0.1) is 12.7 Å². The number of rotatable bonds is 8. The lowest BCUT2D eigenvalue weighted by Gasteiger charge is -2.28. The van der Waals surface area contributed by atoms with E-state index in [1.165, 1.54) is 0 Å². The van der Waals surface area contributed by atoms with Crippen LogP contribution in [0.15, 0.2) is 72.8 Å². The Morgan fingerprint density at radius 2 is 1.76 bits per heavy atom. The maximum absolute atomic E-state index is 11.9. The fraction of sp³-hybridized carbons (Fsp3) is 0.238. The molecule has 0 heterocycles. The van der Waals surface area contributed by atoms with E-state index in [1.54, 1.807) is 6.92 Å². The third-order valence-electron chi connectivity index (χ3n) is 3.79. The predicted molar refractivity (Wildman–Crippen MR) is 97.4 cm³/mol. The van der Waals surface area contributed by atoms with Crippen molar-refractivity contribution in [2.75, 3.05) is 13.2 Å². The summed E-state index contributed by atoms with van der Waals surface area (Å²) in [5.41, 5.74) is 2.29. The normalized spacial score (nSPS) is 11.6. The molecule has 1 unspecified atom stereocenters. The van der Waals surface area contributed by atoms with Crippen molar-refractivity contribution in [1.29, 1.82) is 5.26 Å². The molecule has 0 amide bonds. The van der Waals surface area contributed by atoms with Gasteiger partial charge in [0.25, 0.3) is 0 Å². The summed E-state index contributed by atoms with van der Waals surface area (Å²) >= 11 is 0. The molecule has 2 aromatic carbocycles. The van der Waals surface area contributed by atoms with Gasteiger partial charge in [0, 0.05) is 18.7 Å². The molecule has 4 nitrogen and oxygen atoms in total. The molecule has 1 atom stereocenters. The van der Waals surface area contributed by atoms with E-state index < -0.39 is 12.0 Å². The molecule has 4 heteroatoms. The molecule has 0 radical (unpaired) electrons. The first kappa shape index (κ1) is 18.4. The molecule has 0 aliphatic carbocycles. The van der Waals surface area contributed by atoms with E-state index in [-0.39, 0.29) is 6.54 Å². The molecule has 128 valence electrons. The van der Waals surface area contributed by atoms with Crippen LogP contribution in [0.25, 0.3) is 0 Å². The number of carbonyl (C=O) groups is 1. The lowest BCUT2D eigenvalue weighted by Crippen LogP contribution is -2.31. The first-order valence-electron chi connectivity index (χ1n) is 8.23. The SMILES string of the molecule is C=C(CN(Cc1ccccc1)C(C#N)c1ccccc1)C(=O)OCC. The van der Waals surface area contributed by atoms with Gasteiger partial charge < -0.3 is 4.74 Å². The van der Waals surface area contributed by atoms with Gasteiger partial charge in [-0.25, -0.2) is 4.79 Å². The number of nitriles is 1. The smallest absolute Gasteiger partial charge is 0.334 e. The summed E-state index contributed by atoms with van der Waals surface area (Å²) in [5.74, 6) is -0.426. The van der Waals surface area contributed by atoms with Crippen LogP contribution in [0.1, 0.15) is 24.1 Å². The third-order valence-corrected chi connectivity index (χ3v) is 3.79. The van der Waals surface area contributed by atoms with Crippen LogP contribution in [-0.2, 0) is 16.1 Å². The lowest BCUT2D eigenvalue weighted by molar-refractivity contribution is -0.138. The zero-order valence-electron chi connectivity index (χ0n) is 14.4. The molecule has 0 aliphatic rings. The largest absolute Gasteiger partial charge is 0.463 e. The number of benzene rings is 2. The lowest BCUT2D eigenvalue weighted by atomic mass is 10.0. The molecule has 2 aromatic rings. The number of ether oxygens (including phenoxy) is 1. The summed E-state index contributed by atoms with van der Waals surface area (Å²) < 4.78 is 5.03. The highest BCUT2D eigenvalue weighted by Gasteiger charge is 2.23. The molecule has 0 fully saturated rings. The summed E-state index contributed by atoms with van der Waals surface area (Å²) in [4.78, 5) is 13.9. The molecule has 0 N–H and O–H groups in total. The van der Waals surface area contributed by atoms with Crippen molar-refractivity contribution in [2.24, 2.45) is 0 Å². The number of nitrogens with zero attached hydrogens (tertiary/aromatic N) is 2. The van der Waals surface area contributed by atoms with E-state index in [1.807, 2.05) is 65.6 Å². The second-order valence-electron chi connectivity index (χ2n) is 5.66. The highest BCUT2D eigenvalue weighted by molar-refractivity contribution is 5.88. The van der Waals surface area contributed by atoms with Crippen molar-refractivity contribution in [3.8, 4) is 6.07 Å². The van der Waals surface area contributed by atoms with Gasteiger partial charge in [0.15, 0.2) is 0 Å². The Morgan fingerprint density at radius 3 is 2.32 bits per heavy atom. The molecule has 0 spiro atoms. The Balaban J connectivity index is 2.26. The van der Waals surface area contributed by atoms with Crippen LogP contribution >= 0.6 is 0 Å². The average molecular weight is 334 g/mol. The van der Waals surface area contributed by atoms with Crippen LogP contribution in [-0.4, -0.2) is 24.0 Å². The van der Waals surface area contributed by atoms with E-state index in [2.05, 4.69) is 12.6 Å². The van der Waals surface area contributed by atoms with Crippen LogP contribution in [0.5, 0.6) is 0 Å². The van der Waals surface area contributed by atoms with Crippen LogP contribution < -0.4 is 0 Å². The molecule has 0 aromatic heterocycles. The summed E-state index contributed by atoms with van der Waals surface area (Å²) in [7, 11) is 0. The first-order valence-corrected chi connectivity index (χ1v) is 8.23. The zero-order chi connectivity index (χ0) is 18.1. The van der Waals surface area contributed by atoms with Crippen LogP contribution in [0.4, 0.5) is 0 Å². The summed E-state index contributed by atoms with van der Waals surface area (Å²) in [6, 6.07) is 21.3. The molecule has 0 aliphatic heterocycles. The molecule has 2 rings (SSSR count). The molecule has 0 bridgehead atoms. The van der Waals surface area contributed by atoms with Gasteiger partial charge in [-0.05, 0) is 18.1 Å². The monoisotopic (exact) mass is 334 g/mol. The van der Waals surface area contributed by atoms with Crippen molar-refractivity contribution >= 4 is 5.97 Å². The average Bonchev–Trinajstić information content (AvgIpc) is 2.64. The van der Waals surface area contributed by atoms with E-state index in [0.717, 1.165) is 11.1 Å². The highest BCUT2D eigenvalue weighted by Crippen LogP contribution is 2.23. The van der Waals surface area contributed by atoms with E-state index in [4.69, 9.17) is 4.74 Å². The summed E-state index contributed by atoms with van der Waals surface area (Å²) in [6.07, 6.45) is 0. The molecular formula is C21H22N2O2. The maximum atomic E-state index is 11.9. The van der Waals surface area contributed by atoms with E-state index >= 15 is 0 Å². The maximum Gasteiger partial charge on any atom is 0.334 e. The Labute approximate surface area is 149 Å². The minimum absolute atomic E-state index is 0.265. The number of hydrogen-bond acceptors (Lipinski definition) is 4. The van der Waals surface area contributed by atoms with Gasteiger partial charge in [0.2, 0.25) is 0 Å². The van der Waals surface area contributed by atoms with Crippen molar-refractivity contribution in [2.45, 2.75) is 19.5 Å². The zero-order valence-corrected chi connectivity index (χ0v) is 14.4. The van der Waals surface area contributed by atoms with Gasteiger partial charge in [-0.2, -0.15) is 5.26 Å². The van der Waals surface area contributed by atoms with Crippen molar-refractivity contribution < 1.29 is 9.53 Å². The Kier molecular flexibility index (Phi) is 6.94. The Hall–Kier alpha value is -2.90. The summed E-state index contributed by atoms with van der Waals surface area (Å²) in [6.45, 7) is 6.70. The van der Waals surface area contributed by atoms with Crippen molar-refractivity contribution in [3.63, 3.8) is 0 Å². The van der Waals surface area contributed by atoms with Crippen LogP contribution in [0.3, 0.4) is 0 Å².